The van der Waals surface area contributed by atoms with Crippen LogP contribution in [0.2, 0.25) is 0 Å². The summed E-state index contributed by atoms with van der Waals surface area (Å²) >= 11 is 0. The molecule has 0 amide bonds. The summed E-state index contributed by atoms with van der Waals surface area (Å²) < 4.78 is 23.2. The summed E-state index contributed by atoms with van der Waals surface area (Å²) in [7, 11) is 0. The summed E-state index contributed by atoms with van der Waals surface area (Å²) in [6.07, 6.45) is 2.28. The summed E-state index contributed by atoms with van der Waals surface area (Å²) in [6.45, 7) is 6.78. The molecule has 18 heteroatoms. The van der Waals surface area contributed by atoms with Crippen LogP contribution in [0, 0.1) is 17.8 Å². The molecular formula is C48H79NO17. The highest BCUT2D eigenvalue weighted by molar-refractivity contribution is 5.71. The summed E-state index contributed by atoms with van der Waals surface area (Å²) in [5, 5.41) is 118. The van der Waals surface area contributed by atoms with Crippen LogP contribution in [0.15, 0.2) is 72.9 Å². The number of nitrogens with two attached hydrogens (primary N) is 1. The van der Waals surface area contributed by atoms with Crippen molar-refractivity contribution in [2.24, 2.45) is 23.5 Å². The van der Waals surface area contributed by atoms with Gasteiger partial charge in [0.15, 0.2) is 12.1 Å². The van der Waals surface area contributed by atoms with Gasteiger partial charge in [-0.25, -0.2) is 0 Å². The molecule has 0 spiro atoms. The minimum atomic E-state index is -2.35. The van der Waals surface area contributed by atoms with Crippen LogP contribution in [0.3, 0.4) is 0 Å². The Bertz CT molecular complexity index is 1620. The summed E-state index contributed by atoms with van der Waals surface area (Å²) in [4.78, 5) is 25.1. The van der Waals surface area contributed by atoms with Crippen LogP contribution in [0.5, 0.6) is 0 Å². The van der Waals surface area contributed by atoms with Crippen molar-refractivity contribution in [1.29, 1.82) is 0 Å². The quantitative estimate of drug-likeness (QED) is 0.179. The van der Waals surface area contributed by atoms with Gasteiger partial charge in [0.25, 0.3) is 0 Å². The second-order valence-electron chi connectivity index (χ2n) is 17.8. The third-order valence-corrected chi connectivity index (χ3v) is 12.2. The number of aliphatic hydroxyl groups excluding tert-OH is 9. The Morgan fingerprint density at radius 3 is 1.92 bits per heavy atom. The first-order valence-corrected chi connectivity index (χ1v) is 22.6. The molecule has 18 nitrogen and oxygen atoms in total. The normalized spacial score (nSPS) is 41.7. The number of ether oxygens (including phenoxy) is 4. The van der Waals surface area contributed by atoms with Gasteiger partial charge in [-0.3, -0.25) is 9.59 Å². The third-order valence-electron chi connectivity index (χ3n) is 12.2. The van der Waals surface area contributed by atoms with E-state index < -0.39 is 141 Å². The maximum atomic E-state index is 12.6. The molecule has 3 aliphatic heterocycles. The van der Waals surface area contributed by atoms with Gasteiger partial charge in [-0.1, -0.05) is 94.2 Å². The van der Waals surface area contributed by atoms with Crippen molar-refractivity contribution in [3.8, 4) is 0 Å². The lowest BCUT2D eigenvalue weighted by atomic mass is 9.82. The van der Waals surface area contributed by atoms with Crippen molar-refractivity contribution >= 4 is 11.9 Å². The Kier molecular flexibility index (Phi) is 25.9. The zero-order chi connectivity index (χ0) is 48.4. The first-order valence-electron chi connectivity index (χ1n) is 22.6. The van der Waals surface area contributed by atoms with E-state index in [2.05, 4.69) is 0 Å². The van der Waals surface area contributed by atoms with Gasteiger partial charge in [0.1, 0.15) is 18.1 Å². The van der Waals surface area contributed by atoms with Crippen molar-refractivity contribution in [1.82, 2.24) is 0 Å². The van der Waals surface area contributed by atoms with Gasteiger partial charge in [-0.05, 0) is 52.4 Å². The van der Waals surface area contributed by atoms with Gasteiger partial charge in [-0.15, -0.1) is 0 Å². The molecule has 0 aromatic rings. The number of aliphatic hydroxyl groups is 10. The largest absolute Gasteiger partial charge is 0.481 e. The zero-order valence-electron chi connectivity index (χ0n) is 37.8. The number of allylic oxidation sites excluding steroid dienone is 10. The highest BCUT2D eigenvalue weighted by Gasteiger charge is 2.51. The number of hydrogen-bond acceptors (Lipinski definition) is 17. The molecule has 2 saturated heterocycles. The van der Waals surface area contributed by atoms with E-state index in [9.17, 15) is 65.8 Å². The Morgan fingerprint density at radius 2 is 1.27 bits per heavy atom. The fourth-order valence-corrected chi connectivity index (χ4v) is 8.11. The summed E-state index contributed by atoms with van der Waals surface area (Å²) in [5.74, 6) is -6.82. The lowest BCUT2D eigenvalue weighted by molar-refractivity contribution is -0.310. The molecule has 0 radical (unpaired) electrons. The number of hydrogen-bond donors (Lipinski definition) is 12. The SMILES string of the molecule is C.CC1C=CC=CCCC=CC=CC=CC=CC(OC2OC(C)C(O)C(N)C2O)CC2OC(O)(CC(O)C(O)CCC(O)CC(O)CC(O)CC(=O)OC(C)C(C)C1O)CC(O)C2C(=O)O. The van der Waals surface area contributed by atoms with E-state index in [4.69, 9.17) is 24.7 Å². The van der Waals surface area contributed by atoms with Crippen LogP contribution in [0.4, 0.5) is 0 Å². The standard InChI is InChI=1S/C47H75NO17.CH4/c1-27-17-15-13-11-9-7-5-6-8-10-12-14-16-18-34(64-46-44(58)41(48)43(57)30(4)63-46)24-38-40(45(59)60)37(54)26-47(61,65-38)25-36(53)35(52)20-19-31(49)21-32(50)22-33(51)23-39(55)62-29(3)28(2)42(27)56;/h5-6,8,10-18,27-38,40-44,46,49-54,56-58,61H,7,9,19-26,48H2,1-4H3,(H,59,60);1H4. The Morgan fingerprint density at radius 1 is 0.697 bits per heavy atom. The number of aliphatic carboxylic acids is 1. The molecule has 3 rings (SSSR count). The summed E-state index contributed by atoms with van der Waals surface area (Å²) in [6, 6.07) is -1.14. The van der Waals surface area contributed by atoms with Crippen LogP contribution < -0.4 is 5.73 Å². The monoisotopic (exact) mass is 942 g/mol. The maximum absolute atomic E-state index is 12.6. The van der Waals surface area contributed by atoms with Gasteiger partial charge in [-0.2, -0.15) is 0 Å². The second-order valence-corrected chi connectivity index (χ2v) is 17.8. The third kappa shape index (κ3) is 19.4. The van der Waals surface area contributed by atoms with Crippen molar-refractivity contribution in [2.45, 2.75) is 197 Å². The molecule has 19 unspecified atom stereocenters. The van der Waals surface area contributed by atoms with E-state index in [1.807, 2.05) is 49.5 Å². The number of esters is 1. The molecule has 3 aliphatic rings. The highest BCUT2D eigenvalue weighted by atomic mass is 16.7. The smallest absolute Gasteiger partial charge is 0.311 e. The van der Waals surface area contributed by atoms with Gasteiger partial charge in [0.05, 0.1) is 79.6 Å². The predicted octanol–water partition coefficient (Wildman–Crippen LogP) is 1.57. The van der Waals surface area contributed by atoms with Crippen LogP contribution in [-0.4, -0.2) is 166 Å². The number of cyclic esters (lactones) is 1. The van der Waals surface area contributed by atoms with Crippen LogP contribution in [-0.2, 0) is 28.5 Å². The first-order chi connectivity index (χ1) is 30.6. The van der Waals surface area contributed by atoms with E-state index in [1.165, 1.54) is 13.0 Å². The van der Waals surface area contributed by atoms with E-state index in [1.54, 1.807) is 38.2 Å². The molecule has 19 atom stereocenters. The number of rotatable bonds is 3. The molecule has 3 heterocycles. The van der Waals surface area contributed by atoms with Crippen molar-refractivity contribution in [3.63, 3.8) is 0 Å². The Labute approximate surface area is 389 Å². The van der Waals surface area contributed by atoms with Gasteiger partial charge < -0.3 is 80.9 Å². The van der Waals surface area contributed by atoms with Crippen molar-refractivity contribution in [2.75, 3.05) is 0 Å². The number of carbonyl (C=O) groups excluding carboxylic acids is 1. The molecule has 66 heavy (non-hydrogen) atoms. The second kappa shape index (κ2) is 29.0. The van der Waals surface area contributed by atoms with Gasteiger partial charge in [0, 0.05) is 31.1 Å². The molecule has 2 bridgehead atoms. The van der Waals surface area contributed by atoms with Gasteiger partial charge >= 0.3 is 11.9 Å². The fourth-order valence-electron chi connectivity index (χ4n) is 8.11. The molecule has 13 N–H and O–H groups in total. The number of fused-ring (bicyclic) bond motifs is 2. The Balaban J connectivity index is 0.0000150. The summed E-state index contributed by atoms with van der Waals surface area (Å²) in [5.41, 5.74) is 6.02. The van der Waals surface area contributed by atoms with Crippen LogP contribution in [0.1, 0.15) is 99.3 Å². The number of carboxylic acids is 1. The van der Waals surface area contributed by atoms with Crippen LogP contribution in [0.25, 0.3) is 0 Å². The first kappa shape index (κ1) is 58.9. The molecule has 0 aromatic heterocycles. The van der Waals surface area contributed by atoms with E-state index in [0.717, 1.165) is 12.8 Å². The lowest BCUT2D eigenvalue weighted by Crippen LogP contribution is -2.61. The van der Waals surface area contributed by atoms with Crippen LogP contribution >= 0.6 is 0 Å². The number of carboxylic acid groups (broad SMARTS) is 1. The topological polar surface area (TPSA) is 320 Å². The molecule has 2 fully saturated rings. The molecular weight excluding hydrogens is 863 g/mol. The van der Waals surface area contributed by atoms with Crippen molar-refractivity contribution < 1.29 is 84.7 Å². The molecule has 0 aromatic carbocycles. The minimum absolute atomic E-state index is 0. The fraction of sp³-hybridized carbons (Fsp3) is 0.708. The van der Waals surface area contributed by atoms with E-state index in [-0.39, 0.29) is 45.4 Å². The average molecular weight is 942 g/mol. The zero-order valence-corrected chi connectivity index (χ0v) is 37.8. The van der Waals surface area contributed by atoms with Gasteiger partial charge in [0.2, 0.25) is 0 Å². The van der Waals surface area contributed by atoms with Crippen molar-refractivity contribution in [3.05, 3.63) is 72.9 Å². The Hall–Kier alpha value is -3.18. The highest BCUT2D eigenvalue weighted by Crippen LogP contribution is 2.38. The molecule has 0 aliphatic carbocycles. The molecule has 0 saturated carbocycles. The maximum Gasteiger partial charge on any atom is 0.311 e. The number of carbonyl (C=O) groups is 2. The predicted molar refractivity (Wildman–Crippen MR) is 244 cm³/mol. The van der Waals surface area contributed by atoms with E-state index >= 15 is 0 Å². The molecule has 378 valence electrons. The van der Waals surface area contributed by atoms with E-state index in [0.29, 0.717) is 0 Å². The average Bonchev–Trinajstić information content (AvgIpc) is 3.21. The minimum Gasteiger partial charge on any atom is -0.481 e. The lowest BCUT2D eigenvalue weighted by Gasteiger charge is -2.45.